The molecule has 31 heavy (non-hydrogen) atoms. The van der Waals surface area contributed by atoms with Crippen LogP contribution < -0.4 is 19.9 Å². The molecule has 2 atom stereocenters. The van der Waals surface area contributed by atoms with Crippen molar-refractivity contribution in [2.75, 3.05) is 19.1 Å². The molecule has 0 aliphatic carbocycles. The van der Waals surface area contributed by atoms with Crippen LogP contribution in [-0.4, -0.2) is 34.7 Å². The number of thioether (sulfide) groups is 1. The number of ether oxygens (including phenoxy) is 2. The molecule has 1 aliphatic heterocycles. The zero-order chi connectivity index (χ0) is 22.3. The largest absolute Gasteiger partial charge is 0.493 e. The molecule has 0 spiro atoms. The minimum absolute atomic E-state index is 0.106. The van der Waals surface area contributed by atoms with Crippen LogP contribution in [0.15, 0.2) is 53.3 Å². The number of para-hydroxylation sites is 2. The molecule has 162 valence electrons. The van der Waals surface area contributed by atoms with Crippen molar-refractivity contribution in [1.29, 1.82) is 0 Å². The molecule has 0 saturated carbocycles. The molecule has 1 fully saturated rings. The van der Waals surface area contributed by atoms with Gasteiger partial charge in [-0.2, -0.15) is 0 Å². The molecule has 1 aromatic heterocycles. The van der Waals surface area contributed by atoms with Crippen LogP contribution in [0.2, 0.25) is 0 Å². The van der Waals surface area contributed by atoms with Gasteiger partial charge in [-0.1, -0.05) is 30.3 Å². The van der Waals surface area contributed by atoms with Crippen LogP contribution >= 0.6 is 11.8 Å². The maximum Gasteiger partial charge on any atom is 0.295 e. The minimum Gasteiger partial charge on any atom is -0.493 e. The van der Waals surface area contributed by atoms with E-state index < -0.39 is 5.37 Å². The van der Waals surface area contributed by atoms with Gasteiger partial charge in [0.15, 0.2) is 11.5 Å². The number of rotatable bonds is 5. The van der Waals surface area contributed by atoms with Crippen molar-refractivity contribution in [3.8, 4) is 17.2 Å². The van der Waals surface area contributed by atoms with E-state index in [1.54, 1.807) is 28.5 Å². The number of amides is 1. The summed E-state index contributed by atoms with van der Waals surface area (Å²) < 4.78 is 14.5. The third-order valence-electron chi connectivity index (χ3n) is 5.62. The second kappa shape index (κ2) is 8.19. The molecule has 1 saturated heterocycles. The number of benzene rings is 2. The molecule has 2 aromatic carbocycles. The summed E-state index contributed by atoms with van der Waals surface area (Å²) in [5, 5.41) is -0.712. The van der Waals surface area contributed by atoms with E-state index in [1.165, 1.54) is 11.8 Å². The van der Waals surface area contributed by atoms with Crippen LogP contribution in [0.1, 0.15) is 23.6 Å². The highest BCUT2D eigenvalue weighted by atomic mass is 32.2. The lowest BCUT2D eigenvalue weighted by Crippen LogP contribution is -2.34. The van der Waals surface area contributed by atoms with Gasteiger partial charge in [0.1, 0.15) is 11.1 Å². The Morgan fingerprint density at radius 3 is 2.32 bits per heavy atom. The summed E-state index contributed by atoms with van der Waals surface area (Å²) in [6, 6.07) is 15.0. The summed E-state index contributed by atoms with van der Waals surface area (Å²) in [7, 11) is 4.98. The monoisotopic (exact) mass is 439 g/mol. The topological polar surface area (TPSA) is 65.7 Å². The maximum atomic E-state index is 13.6. The third kappa shape index (κ3) is 3.31. The summed E-state index contributed by atoms with van der Waals surface area (Å²) in [5.74, 6) is 1.04. The number of carbonyl (C=O) groups is 1. The normalized spacial score (nSPS) is 18.5. The van der Waals surface area contributed by atoms with Gasteiger partial charge in [-0.15, -0.1) is 11.8 Å². The molecule has 1 aliphatic rings. The highest BCUT2D eigenvalue weighted by Gasteiger charge is 2.44. The molecule has 8 heteroatoms. The van der Waals surface area contributed by atoms with Crippen LogP contribution in [0.3, 0.4) is 0 Å². The number of aromatic nitrogens is 2. The van der Waals surface area contributed by atoms with Crippen molar-refractivity contribution in [1.82, 2.24) is 9.36 Å². The van der Waals surface area contributed by atoms with E-state index in [0.29, 0.717) is 22.9 Å². The average molecular weight is 440 g/mol. The smallest absolute Gasteiger partial charge is 0.295 e. The van der Waals surface area contributed by atoms with Crippen LogP contribution in [-0.2, 0) is 11.8 Å². The van der Waals surface area contributed by atoms with Crippen molar-refractivity contribution >= 4 is 23.4 Å². The van der Waals surface area contributed by atoms with Gasteiger partial charge in [0.25, 0.3) is 5.56 Å². The summed E-state index contributed by atoms with van der Waals surface area (Å²) in [6.07, 6.45) is 0. The predicted molar refractivity (Wildman–Crippen MR) is 123 cm³/mol. The first-order valence-electron chi connectivity index (χ1n) is 9.94. The molecule has 3 aromatic rings. The van der Waals surface area contributed by atoms with Gasteiger partial charge < -0.3 is 9.47 Å². The first-order valence-corrected chi connectivity index (χ1v) is 10.9. The molecular weight excluding hydrogens is 414 g/mol. The van der Waals surface area contributed by atoms with E-state index in [1.807, 2.05) is 69.4 Å². The van der Waals surface area contributed by atoms with Gasteiger partial charge in [0.2, 0.25) is 5.91 Å². The third-order valence-corrected chi connectivity index (χ3v) is 6.95. The quantitative estimate of drug-likeness (QED) is 0.607. The summed E-state index contributed by atoms with van der Waals surface area (Å²) in [5.41, 5.74) is 2.39. The molecule has 2 unspecified atom stereocenters. The minimum atomic E-state index is -0.412. The van der Waals surface area contributed by atoms with Crippen molar-refractivity contribution in [2.24, 2.45) is 7.05 Å². The van der Waals surface area contributed by atoms with Gasteiger partial charge in [-0.3, -0.25) is 19.2 Å². The number of nitrogens with zero attached hydrogens (tertiary/aromatic N) is 3. The summed E-state index contributed by atoms with van der Waals surface area (Å²) in [4.78, 5) is 28.5. The van der Waals surface area contributed by atoms with Crippen molar-refractivity contribution in [3.05, 3.63) is 70.1 Å². The second-order valence-corrected chi connectivity index (χ2v) is 8.76. The Labute approximate surface area is 185 Å². The van der Waals surface area contributed by atoms with Gasteiger partial charge in [-0.05, 0) is 32.0 Å². The van der Waals surface area contributed by atoms with Crippen LogP contribution in [0.4, 0.5) is 5.69 Å². The maximum absolute atomic E-state index is 13.6. The van der Waals surface area contributed by atoms with Crippen molar-refractivity contribution < 1.29 is 14.3 Å². The number of hydrogen-bond acceptors (Lipinski definition) is 5. The van der Waals surface area contributed by atoms with E-state index in [0.717, 1.165) is 11.3 Å². The molecule has 7 nitrogen and oxygen atoms in total. The fourth-order valence-electron chi connectivity index (χ4n) is 4.00. The summed E-state index contributed by atoms with van der Waals surface area (Å²) in [6.45, 7) is 3.72. The Hall–Kier alpha value is -3.13. The van der Waals surface area contributed by atoms with Gasteiger partial charge in [0, 0.05) is 12.6 Å². The highest BCUT2D eigenvalue weighted by Crippen LogP contribution is 2.49. The molecule has 4 rings (SSSR count). The molecule has 1 amide bonds. The molecule has 2 heterocycles. The van der Waals surface area contributed by atoms with Gasteiger partial charge >= 0.3 is 0 Å². The Bertz CT molecular complexity index is 1190. The van der Waals surface area contributed by atoms with Gasteiger partial charge in [-0.25, -0.2) is 4.68 Å². The average Bonchev–Trinajstić information content (AvgIpc) is 3.19. The van der Waals surface area contributed by atoms with Crippen LogP contribution in [0, 0.1) is 6.92 Å². The van der Waals surface area contributed by atoms with Crippen LogP contribution in [0.25, 0.3) is 5.69 Å². The van der Waals surface area contributed by atoms with E-state index in [4.69, 9.17) is 9.47 Å². The Morgan fingerprint density at radius 2 is 1.68 bits per heavy atom. The van der Waals surface area contributed by atoms with E-state index in [-0.39, 0.29) is 16.7 Å². The standard InChI is InChI=1S/C23H25N3O4S/c1-14-19(22(28)26(24(14)3)16-10-7-6-8-11-16)25-21(27)15(2)31-23(25)17-12-9-13-18(29-4)20(17)30-5/h6-13,15,23H,1-5H3. The summed E-state index contributed by atoms with van der Waals surface area (Å²) >= 11 is 1.49. The molecule has 0 bridgehead atoms. The fourth-order valence-corrected chi connectivity index (χ4v) is 5.28. The van der Waals surface area contributed by atoms with Crippen LogP contribution in [0.5, 0.6) is 11.5 Å². The molecular formula is C23H25N3O4S. The number of carbonyl (C=O) groups excluding carboxylic acids is 1. The Kier molecular flexibility index (Phi) is 5.58. The lowest BCUT2D eigenvalue weighted by molar-refractivity contribution is -0.117. The zero-order valence-electron chi connectivity index (χ0n) is 18.2. The lowest BCUT2D eigenvalue weighted by Gasteiger charge is -2.25. The number of anilines is 1. The zero-order valence-corrected chi connectivity index (χ0v) is 19.0. The van der Waals surface area contributed by atoms with Crippen molar-refractivity contribution in [2.45, 2.75) is 24.5 Å². The molecule has 0 radical (unpaired) electrons. The lowest BCUT2D eigenvalue weighted by atomic mass is 10.1. The number of hydrogen-bond donors (Lipinski definition) is 0. The first-order chi connectivity index (χ1) is 14.9. The fraction of sp³-hybridized carbons (Fsp3) is 0.304. The van der Waals surface area contributed by atoms with Gasteiger partial charge in [0.05, 0.1) is 30.9 Å². The Balaban J connectivity index is 1.91. The molecule has 0 N–H and O–H groups in total. The number of methoxy groups -OCH3 is 2. The van der Waals surface area contributed by atoms with Crippen molar-refractivity contribution in [3.63, 3.8) is 0 Å². The second-order valence-electron chi connectivity index (χ2n) is 7.33. The van der Waals surface area contributed by atoms with E-state index in [2.05, 4.69) is 0 Å². The first kappa shape index (κ1) is 21.1. The van der Waals surface area contributed by atoms with E-state index in [9.17, 15) is 9.59 Å². The Morgan fingerprint density at radius 1 is 0.968 bits per heavy atom. The highest BCUT2D eigenvalue weighted by molar-refractivity contribution is 8.01. The SMILES string of the molecule is COc1cccc(C2SC(C)C(=O)N2c2c(C)n(C)n(-c3ccccc3)c2=O)c1OC. The van der Waals surface area contributed by atoms with E-state index >= 15 is 0 Å². The predicted octanol–water partition coefficient (Wildman–Crippen LogP) is 3.67.